The summed E-state index contributed by atoms with van der Waals surface area (Å²) in [5.41, 5.74) is 2.19. The van der Waals surface area contributed by atoms with Crippen LogP contribution in [0.15, 0.2) is 24.3 Å². The van der Waals surface area contributed by atoms with Gasteiger partial charge in [-0.1, -0.05) is 24.3 Å². The zero-order valence-corrected chi connectivity index (χ0v) is 17.5. The lowest BCUT2D eigenvalue weighted by Gasteiger charge is -2.09. The van der Waals surface area contributed by atoms with Gasteiger partial charge in [-0.2, -0.15) is 10.2 Å². The van der Waals surface area contributed by atoms with Crippen molar-refractivity contribution in [2.24, 2.45) is 0 Å². The number of aromatic nitrogens is 4. The highest BCUT2D eigenvalue weighted by Gasteiger charge is 2.31. The molecule has 0 atom stereocenters. The summed E-state index contributed by atoms with van der Waals surface area (Å²) in [5, 5.41) is 21.9. The summed E-state index contributed by atoms with van der Waals surface area (Å²) < 4.78 is 28.9. The second-order valence-corrected chi connectivity index (χ2v) is 7.21. The van der Waals surface area contributed by atoms with Crippen molar-refractivity contribution in [2.75, 3.05) is 5.32 Å². The number of anilines is 1. The summed E-state index contributed by atoms with van der Waals surface area (Å²) in [7, 11) is 0. The first-order valence-corrected chi connectivity index (χ1v) is 9.48. The van der Waals surface area contributed by atoms with Gasteiger partial charge >= 0.3 is 5.69 Å². The maximum atomic E-state index is 13.1. The molecule has 1 N–H and O–H groups in total. The van der Waals surface area contributed by atoms with Gasteiger partial charge in [0.2, 0.25) is 11.6 Å². The molecule has 0 bridgehead atoms. The summed E-state index contributed by atoms with van der Waals surface area (Å²) >= 11 is 0. The number of alkyl halides is 2. The van der Waals surface area contributed by atoms with Crippen LogP contribution in [0, 0.1) is 37.8 Å². The Morgan fingerprint density at radius 2 is 1.81 bits per heavy atom. The normalized spacial score (nSPS) is 11.2. The minimum Gasteiger partial charge on any atom is -0.321 e. The van der Waals surface area contributed by atoms with Gasteiger partial charge in [-0.15, -0.1) is 0 Å². The summed E-state index contributed by atoms with van der Waals surface area (Å²) in [5.74, 6) is -0.553. The second kappa shape index (κ2) is 8.62. The molecular weight excluding hydrogens is 410 g/mol. The maximum Gasteiger partial charge on any atom is 0.319 e. The molecule has 0 spiro atoms. The fraction of sp³-hybridized carbons (Fsp3) is 0.350. The molecule has 2 aromatic heterocycles. The van der Waals surface area contributed by atoms with Crippen molar-refractivity contribution in [1.82, 2.24) is 19.6 Å². The number of rotatable bonds is 7. The van der Waals surface area contributed by atoms with E-state index in [-0.39, 0.29) is 5.69 Å². The van der Waals surface area contributed by atoms with E-state index in [1.54, 1.807) is 11.6 Å². The number of carbonyl (C=O) groups excluding carboxylic acids is 1. The Morgan fingerprint density at radius 3 is 2.39 bits per heavy atom. The van der Waals surface area contributed by atoms with Crippen LogP contribution in [0.5, 0.6) is 0 Å². The van der Waals surface area contributed by atoms with E-state index in [9.17, 15) is 23.7 Å². The van der Waals surface area contributed by atoms with Crippen molar-refractivity contribution in [3.05, 3.63) is 68.3 Å². The lowest BCUT2D eigenvalue weighted by atomic mass is 10.1. The van der Waals surface area contributed by atoms with Gasteiger partial charge in [0.15, 0.2) is 0 Å². The van der Waals surface area contributed by atoms with Gasteiger partial charge in [-0.25, -0.2) is 8.78 Å². The van der Waals surface area contributed by atoms with Crippen LogP contribution in [0.2, 0.25) is 0 Å². The lowest BCUT2D eigenvalue weighted by Crippen LogP contribution is -2.21. The molecule has 1 amide bonds. The predicted octanol–water partition coefficient (Wildman–Crippen LogP) is 3.85. The highest BCUT2D eigenvalue weighted by Crippen LogP contribution is 2.31. The molecule has 3 aromatic rings. The molecule has 0 aliphatic carbocycles. The van der Waals surface area contributed by atoms with Crippen LogP contribution in [0.4, 0.5) is 20.2 Å². The number of aryl methyl sites for hydroxylation is 2. The average Bonchev–Trinajstić information content (AvgIpc) is 3.15. The Morgan fingerprint density at radius 1 is 1.13 bits per heavy atom. The number of carbonyl (C=O) groups is 1. The van der Waals surface area contributed by atoms with Gasteiger partial charge in [0.1, 0.15) is 12.2 Å². The first-order valence-electron chi connectivity index (χ1n) is 9.48. The third kappa shape index (κ3) is 4.44. The Balaban J connectivity index is 1.80. The fourth-order valence-electron chi connectivity index (χ4n) is 3.38. The van der Waals surface area contributed by atoms with Gasteiger partial charge in [-0.05, 0) is 38.8 Å². The molecule has 164 valence electrons. The van der Waals surface area contributed by atoms with Crippen LogP contribution < -0.4 is 5.32 Å². The SMILES string of the molecule is Cc1ccccc1Cn1nc(C)c(NC(=O)Cn2nc(C(F)F)c([N+](=O)[O-])c2C)c1C. The summed E-state index contributed by atoms with van der Waals surface area (Å²) in [4.78, 5) is 22.8. The van der Waals surface area contributed by atoms with Crippen LogP contribution in [0.1, 0.15) is 40.3 Å². The van der Waals surface area contributed by atoms with Crippen LogP contribution in [-0.2, 0) is 17.9 Å². The molecule has 1 aromatic carbocycles. The largest absolute Gasteiger partial charge is 0.321 e. The smallest absolute Gasteiger partial charge is 0.319 e. The quantitative estimate of drug-likeness (QED) is 0.451. The van der Waals surface area contributed by atoms with E-state index in [0.717, 1.165) is 21.5 Å². The van der Waals surface area contributed by atoms with E-state index in [1.807, 2.05) is 38.1 Å². The monoisotopic (exact) mass is 432 g/mol. The lowest BCUT2D eigenvalue weighted by molar-refractivity contribution is -0.386. The average molecular weight is 432 g/mol. The Kier molecular flexibility index (Phi) is 6.14. The van der Waals surface area contributed by atoms with Gasteiger partial charge in [0.25, 0.3) is 6.43 Å². The molecule has 31 heavy (non-hydrogen) atoms. The van der Waals surface area contributed by atoms with Crippen molar-refractivity contribution in [3.8, 4) is 0 Å². The molecular formula is C20H22F2N6O3. The van der Waals surface area contributed by atoms with Crippen molar-refractivity contribution >= 4 is 17.3 Å². The molecule has 0 aliphatic rings. The zero-order valence-electron chi connectivity index (χ0n) is 17.5. The minimum absolute atomic E-state index is 0.112. The van der Waals surface area contributed by atoms with E-state index in [2.05, 4.69) is 15.5 Å². The van der Waals surface area contributed by atoms with E-state index < -0.39 is 35.2 Å². The Labute approximate surface area is 176 Å². The number of hydrogen-bond donors (Lipinski definition) is 1. The number of benzene rings is 1. The Bertz CT molecular complexity index is 1150. The van der Waals surface area contributed by atoms with Crippen molar-refractivity contribution < 1.29 is 18.5 Å². The minimum atomic E-state index is -3.12. The first-order chi connectivity index (χ1) is 14.6. The van der Waals surface area contributed by atoms with Gasteiger partial charge in [0.05, 0.1) is 28.5 Å². The number of nitrogens with zero attached hydrogens (tertiary/aromatic N) is 5. The van der Waals surface area contributed by atoms with Crippen molar-refractivity contribution in [1.29, 1.82) is 0 Å². The first kappa shape index (κ1) is 22.1. The third-order valence-electron chi connectivity index (χ3n) is 5.11. The van der Waals surface area contributed by atoms with Crippen LogP contribution in [0.3, 0.4) is 0 Å². The van der Waals surface area contributed by atoms with Gasteiger partial charge in [-0.3, -0.25) is 24.3 Å². The molecule has 0 unspecified atom stereocenters. The molecule has 2 heterocycles. The van der Waals surface area contributed by atoms with E-state index in [0.29, 0.717) is 17.9 Å². The summed E-state index contributed by atoms with van der Waals surface area (Å²) in [6.07, 6.45) is -3.12. The van der Waals surface area contributed by atoms with Gasteiger partial charge in [0, 0.05) is 0 Å². The summed E-state index contributed by atoms with van der Waals surface area (Å²) in [6.45, 7) is 6.92. The number of hydrogen-bond acceptors (Lipinski definition) is 5. The number of nitro groups is 1. The molecule has 9 nitrogen and oxygen atoms in total. The van der Waals surface area contributed by atoms with E-state index >= 15 is 0 Å². The van der Waals surface area contributed by atoms with E-state index in [1.165, 1.54) is 6.92 Å². The zero-order chi connectivity index (χ0) is 22.9. The van der Waals surface area contributed by atoms with Crippen LogP contribution in [0.25, 0.3) is 0 Å². The molecule has 11 heteroatoms. The van der Waals surface area contributed by atoms with Crippen LogP contribution >= 0.6 is 0 Å². The van der Waals surface area contributed by atoms with Crippen molar-refractivity contribution in [3.63, 3.8) is 0 Å². The molecule has 0 fully saturated rings. The topological polar surface area (TPSA) is 108 Å². The predicted molar refractivity (Wildman–Crippen MR) is 109 cm³/mol. The number of halogens is 2. The highest BCUT2D eigenvalue weighted by atomic mass is 19.3. The molecule has 0 radical (unpaired) electrons. The maximum absolute atomic E-state index is 13.1. The standard InChI is InChI=1S/C20H22F2N6O3/c1-11-7-5-6-8-15(11)9-26-13(3)17(12(2)24-26)23-16(29)10-27-14(4)19(28(30)31)18(25-27)20(21)22/h5-8,20H,9-10H2,1-4H3,(H,23,29). The number of nitrogens with one attached hydrogen (secondary N) is 1. The van der Waals surface area contributed by atoms with Crippen molar-refractivity contribution in [2.45, 2.75) is 47.2 Å². The third-order valence-corrected chi connectivity index (χ3v) is 5.11. The molecule has 0 saturated heterocycles. The fourth-order valence-corrected chi connectivity index (χ4v) is 3.38. The molecule has 0 aliphatic heterocycles. The van der Waals surface area contributed by atoms with Gasteiger partial charge < -0.3 is 5.32 Å². The summed E-state index contributed by atoms with van der Waals surface area (Å²) in [6, 6.07) is 7.89. The number of amides is 1. The second-order valence-electron chi connectivity index (χ2n) is 7.21. The highest BCUT2D eigenvalue weighted by molar-refractivity contribution is 5.91. The van der Waals surface area contributed by atoms with Crippen LogP contribution in [-0.4, -0.2) is 30.4 Å². The molecule has 3 rings (SSSR count). The van der Waals surface area contributed by atoms with E-state index in [4.69, 9.17) is 0 Å². The Hall–Kier alpha value is -3.63. The molecule has 0 saturated carbocycles.